The summed E-state index contributed by atoms with van der Waals surface area (Å²) in [5.74, 6) is 5.50. The summed E-state index contributed by atoms with van der Waals surface area (Å²) in [6.07, 6.45) is 16.3. The molecular weight excluding hydrogens is 206 g/mol. The Bertz CT molecular complexity index is 261. The third-order valence-electron chi connectivity index (χ3n) is 4.57. The summed E-state index contributed by atoms with van der Waals surface area (Å²) in [6.45, 7) is 3.52. The molecule has 0 amide bonds. The van der Waals surface area contributed by atoms with E-state index in [0.717, 1.165) is 30.2 Å². The van der Waals surface area contributed by atoms with Gasteiger partial charge in [0.25, 0.3) is 0 Å². The summed E-state index contributed by atoms with van der Waals surface area (Å²) < 4.78 is 0. The molecule has 2 fully saturated rings. The van der Waals surface area contributed by atoms with Gasteiger partial charge in [-0.1, -0.05) is 26.2 Å². The van der Waals surface area contributed by atoms with Crippen molar-refractivity contribution in [2.45, 2.75) is 64.3 Å². The maximum atomic E-state index is 5.54. The molecule has 3 unspecified atom stereocenters. The molecule has 1 N–H and O–H groups in total. The summed E-state index contributed by atoms with van der Waals surface area (Å²) in [5, 5.41) is 3.69. The first-order chi connectivity index (χ1) is 8.33. The Hall–Kier alpha value is -0.480. The fraction of sp³-hybridized carbons (Fsp3) is 0.875. The second kappa shape index (κ2) is 6.45. The van der Waals surface area contributed by atoms with E-state index in [0.29, 0.717) is 0 Å². The van der Waals surface area contributed by atoms with Crippen molar-refractivity contribution >= 4 is 0 Å². The average molecular weight is 233 g/mol. The van der Waals surface area contributed by atoms with E-state index in [1.165, 1.54) is 51.5 Å². The van der Waals surface area contributed by atoms with E-state index in [2.05, 4.69) is 18.2 Å². The third kappa shape index (κ3) is 4.03. The first kappa shape index (κ1) is 13.0. The van der Waals surface area contributed by atoms with Crippen LogP contribution < -0.4 is 5.32 Å². The van der Waals surface area contributed by atoms with Gasteiger partial charge < -0.3 is 5.32 Å². The van der Waals surface area contributed by atoms with Gasteiger partial charge in [-0.3, -0.25) is 0 Å². The molecule has 0 aliphatic heterocycles. The van der Waals surface area contributed by atoms with Crippen LogP contribution in [0.3, 0.4) is 0 Å². The summed E-state index contributed by atoms with van der Waals surface area (Å²) in [6, 6.07) is 0.842. The summed E-state index contributed by atoms with van der Waals surface area (Å²) in [7, 11) is 0. The minimum absolute atomic E-state index is 0.788. The Balaban J connectivity index is 1.79. The molecule has 0 aromatic rings. The number of hydrogen-bond donors (Lipinski definition) is 1. The molecule has 0 spiro atoms. The Morgan fingerprint density at radius 2 is 2.00 bits per heavy atom. The van der Waals surface area contributed by atoms with Gasteiger partial charge in [0.2, 0.25) is 0 Å². The third-order valence-corrected chi connectivity index (χ3v) is 4.57. The van der Waals surface area contributed by atoms with Crippen LogP contribution in [0.5, 0.6) is 0 Å². The van der Waals surface area contributed by atoms with E-state index in [1.807, 2.05) is 0 Å². The van der Waals surface area contributed by atoms with Crippen molar-refractivity contribution < 1.29 is 0 Å². The summed E-state index contributed by atoms with van der Waals surface area (Å²) >= 11 is 0. The van der Waals surface area contributed by atoms with Gasteiger partial charge in [0, 0.05) is 12.5 Å². The highest BCUT2D eigenvalue weighted by Crippen LogP contribution is 2.37. The predicted molar refractivity (Wildman–Crippen MR) is 73.7 cm³/mol. The van der Waals surface area contributed by atoms with Crippen LogP contribution in [0, 0.1) is 30.1 Å². The highest BCUT2D eigenvalue weighted by atomic mass is 14.9. The molecule has 0 heterocycles. The van der Waals surface area contributed by atoms with Crippen LogP contribution in [0.1, 0.15) is 58.3 Å². The number of hydrogen-bond acceptors (Lipinski definition) is 1. The Kier molecular flexibility index (Phi) is 4.92. The van der Waals surface area contributed by atoms with Gasteiger partial charge in [-0.25, -0.2) is 0 Å². The monoisotopic (exact) mass is 233 g/mol. The quantitative estimate of drug-likeness (QED) is 0.691. The van der Waals surface area contributed by atoms with Gasteiger partial charge in [0.05, 0.1) is 0 Å². The lowest BCUT2D eigenvalue weighted by atomic mass is 9.71. The molecule has 2 saturated carbocycles. The molecule has 2 rings (SSSR count). The maximum absolute atomic E-state index is 5.54. The summed E-state index contributed by atoms with van der Waals surface area (Å²) in [4.78, 5) is 0. The van der Waals surface area contributed by atoms with Gasteiger partial charge in [0.1, 0.15) is 0 Å². The molecule has 0 radical (unpaired) electrons. The van der Waals surface area contributed by atoms with Crippen LogP contribution in [0.15, 0.2) is 0 Å². The van der Waals surface area contributed by atoms with E-state index in [1.54, 1.807) is 0 Å². The molecule has 1 heteroatoms. The second-order valence-electron chi connectivity index (χ2n) is 6.08. The predicted octanol–water partition coefficient (Wildman–Crippen LogP) is 3.59. The first-order valence-electron chi connectivity index (χ1n) is 7.50. The lowest BCUT2D eigenvalue weighted by Crippen LogP contribution is -2.34. The van der Waals surface area contributed by atoms with E-state index in [4.69, 9.17) is 6.42 Å². The normalized spacial score (nSPS) is 33.3. The van der Waals surface area contributed by atoms with Gasteiger partial charge >= 0.3 is 0 Å². The lowest BCUT2D eigenvalue weighted by molar-refractivity contribution is 0.171. The standard InChI is InChI=1S/C16H27N/c1-3-5-13-7-8-15(12-17-16-9-10-16)14(11-13)6-4-2/h2,13-17H,3,5-12H2,1H3. The molecule has 0 aromatic carbocycles. The minimum atomic E-state index is 0.788. The van der Waals surface area contributed by atoms with Crippen LogP contribution in [0.4, 0.5) is 0 Å². The molecule has 3 atom stereocenters. The van der Waals surface area contributed by atoms with Crippen LogP contribution in [-0.2, 0) is 0 Å². The summed E-state index contributed by atoms with van der Waals surface area (Å²) in [5.41, 5.74) is 0. The van der Waals surface area contributed by atoms with Crippen LogP contribution in [0.25, 0.3) is 0 Å². The number of rotatable bonds is 6. The van der Waals surface area contributed by atoms with E-state index >= 15 is 0 Å². The molecule has 17 heavy (non-hydrogen) atoms. The van der Waals surface area contributed by atoms with E-state index < -0.39 is 0 Å². The number of terminal acetylenes is 1. The van der Waals surface area contributed by atoms with E-state index in [9.17, 15) is 0 Å². The van der Waals surface area contributed by atoms with Crippen molar-refractivity contribution in [1.82, 2.24) is 5.32 Å². The van der Waals surface area contributed by atoms with Crippen molar-refractivity contribution in [1.29, 1.82) is 0 Å². The minimum Gasteiger partial charge on any atom is -0.314 e. The highest BCUT2D eigenvalue weighted by Gasteiger charge is 2.31. The molecule has 0 bridgehead atoms. The molecule has 2 aliphatic rings. The zero-order valence-corrected chi connectivity index (χ0v) is 11.3. The Morgan fingerprint density at radius 1 is 1.18 bits per heavy atom. The van der Waals surface area contributed by atoms with Crippen molar-refractivity contribution in [2.75, 3.05) is 6.54 Å². The zero-order valence-electron chi connectivity index (χ0n) is 11.3. The molecule has 2 aliphatic carbocycles. The largest absolute Gasteiger partial charge is 0.314 e. The lowest BCUT2D eigenvalue weighted by Gasteiger charge is -2.35. The maximum Gasteiger partial charge on any atom is 0.0118 e. The molecule has 96 valence electrons. The van der Waals surface area contributed by atoms with Gasteiger partial charge in [-0.2, -0.15) is 0 Å². The van der Waals surface area contributed by atoms with Crippen LogP contribution in [0.2, 0.25) is 0 Å². The topological polar surface area (TPSA) is 12.0 Å². The zero-order chi connectivity index (χ0) is 12.1. The Morgan fingerprint density at radius 3 is 2.65 bits per heavy atom. The van der Waals surface area contributed by atoms with Crippen molar-refractivity contribution in [2.24, 2.45) is 17.8 Å². The van der Waals surface area contributed by atoms with Crippen LogP contribution in [-0.4, -0.2) is 12.6 Å². The van der Waals surface area contributed by atoms with Gasteiger partial charge in [0.15, 0.2) is 0 Å². The number of nitrogens with one attached hydrogen (secondary N) is 1. The van der Waals surface area contributed by atoms with Crippen molar-refractivity contribution in [3.05, 3.63) is 0 Å². The smallest absolute Gasteiger partial charge is 0.0118 e. The fourth-order valence-electron chi connectivity index (χ4n) is 3.37. The fourth-order valence-corrected chi connectivity index (χ4v) is 3.37. The van der Waals surface area contributed by atoms with Crippen LogP contribution >= 0.6 is 0 Å². The van der Waals surface area contributed by atoms with Gasteiger partial charge in [-0.05, 0) is 50.0 Å². The molecule has 0 saturated heterocycles. The SMILES string of the molecule is C#CCC1CC(CCC)CCC1CNC1CC1. The van der Waals surface area contributed by atoms with Crippen molar-refractivity contribution in [3.63, 3.8) is 0 Å². The van der Waals surface area contributed by atoms with Gasteiger partial charge in [-0.15, -0.1) is 12.3 Å². The Labute approximate surface area is 107 Å². The molecular formula is C16H27N. The second-order valence-corrected chi connectivity index (χ2v) is 6.08. The average Bonchev–Trinajstić information content (AvgIpc) is 3.13. The van der Waals surface area contributed by atoms with E-state index in [-0.39, 0.29) is 0 Å². The molecule has 0 aromatic heterocycles. The highest BCUT2D eigenvalue weighted by molar-refractivity contribution is 4.93. The molecule has 1 nitrogen and oxygen atoms in total. The first-order valence-corrected chi connectivity index (χ1v) is 7.50. The van der Waals surface area contributed by atoms with Crippen molar-refractivity contribution in [3.8, 4) is 12.3 Å².